The number of hydrogen-bond donors (Lipinski definition) is 0. The smallest absolute Gasteiger partial charge is 0.261 e. The van der Waals surface area contributed by atoms with E-state index in [0.717, 1.165) is 30.4 Å². The molecule has 0 aromatic heterocycles. The summed E-state index contributed by atoms with van der Waals surface area (Å²) in [5.41, 5.74) is 1.50. The molecule has 0 heterocycles. The maximum atomic E-state index is 12.6. The molecule has 1 aliphatic carbocycles. The number of carbonyl (C=O) groups is 2. The molecule has 0 bridgehead atoms. The van der Waals surface area contributed by atoms with Gasteiger partial charge in [-0.1, -0.05) is 24.3 Å². The minimum absolute atomic E-state index is 0.0704. The monoisotopic (exact) mass is 339 g/mol. The van der Waals surface area contributed by atoms with Gasteiger partial charge in [-0.15, -0.1) is 0 Å². The first-order valence-corrected chi connectivity index (χ1v) is 8.30. The Morgan fingerprint density at radius 2 is 1.88 bits per heavy atom. The van der Waals surface area contributed by atoms with Gasteiger partial charge in [-0.25, -0.2) is 0 Å². The first kappa shape index (κ1) is 17.0. The van der Waals surface area contributed by atoms with E-state index in [4.69, 9.17) is 9.47 Å². The van der Waals surface area contributed by atoms with Gasteiger partial charge in [0, 0.05) is 12.6 Å². The van der Waals surface area contributed by atoms with Crippen LogP contribution in [0.4, 0.5) is 0 Å². The van der Waals surface area contributed by atoms with Gasteiger partial charge in [-0.3, -0.25) is 9.59 Å². The number of carbonyl (C=O) groups excluding carboxylic acids is 2. The maximum absolute atomic E-state index is 12.6. The van der Waals surface area contributed by atoms with E-state index < -0.39 is 0 Å². The lowest BCUT2D eigenvalue weighted by molar-refractivity contribution is -0.134. The summed E-state index contributed by atoms with van der Waals surface area (Å²) in [6.45, 7) is 0.476. The molecule has 0 unspecified atom stereocenters. The number of benzene rings is 2. The summed E-state index contributed by atoms with van der Waals surface area (Å²) in [5, 5.41) is 0. The number of methoxy groups -OCH3 is 1. The normalized spacial score (nSPS) is 13.2. The average molecular weight is 339 g/mol. The van der Waals surface area contributed by atoms with Crippen molar-refractivity contribution in [3.8, 4) is 11.5 Å². The van der Waals surface area contributed by atoms with Crippen molar-refractivity contribution in [2.45, 2.75) is 25.4 Å². The zero-order valence-corrected chi connectivity index (χ0v) is 14.2. The first-order valence-electron chi connectivity index (χ1n) is 8.30. The lowest BCUT2D eigenvalue weighted by atomic mass is 10.2. The molecule has 5 heteroatoms. The van der Waals surface area contributed by atoms with Gasteiger partial charge < -0.3 is 14.4 Å². The van der Waals surface area contributed by atoms with Gasteiger partial charge in [-0.2, -0.15) is 0 Å². The van der Waals surface area contributed by atoms with Crippen molar-refractivity contribution in [2.75, 3.05) is 13.7 Å². The highest BCUT2D eigenvalue weighted by molar-refractivity contribution is 5.81. The largest absolute Gasteiger partial charge is 0.497 e. The van der Waals surface area contributed by atoms with Gasteiger partial charge in [0.05, 0.1) is 12.7 Å². The molecule has 1 aliphatic rings. The van der Waals surface area contributed by atoms with Crippen LogP contribution in [0.25, 0.3) is 0 Å². The van der Waals surface area contributed by atoms with E-state index in [1.54, 1.807) is 31.4 Å². The Kier molecular flexibility index (Phi) is 5.33. The van der Waals surface area contributed by atoms with Crippen molar-refractivity contribution >= 4 is 12.2 Å². The second-order valence-corrected chi connectivity index (χ2v) is 6.05. The van der Waals surface area contributed by atoms with Gasteiger partial charge in [0.15, 0.2) is 12.9 Å². The highest BCUT2D eigenvalue weighted by atomic mass is 16.5. The lowest BCUT2D eigenvalue weighted by Gasteiger charge is -2.23. The minimum Gasteiger partial charge on any atom is -0.497 e. The van der Waals surface area contributed by atoms with E-state index in [9.17, 15) is 9.59 Å². The van der Waals surface area contributed by atoms with E-state index in [0.29, 0.717) is 17.9 Å². The number of hydrogen-bond acceptors (Lipinski definition) is 4. The van der Waals surface area contributed by atoms with Crippen molar-refractivity contribution in [3.63, 3.8) is 0 Å². The predicted molar refractivity (Wildman–Crippen MR) is 93.9 cm³/mol. The standard InChI is InChI=1S/C20H21NO4/c1-24-18-10-6-15(7-11-18)12-21(17-8-9-17)20(23)14-25-19-5-3-2-4-16(19)13-22/h2-7,10-11,13,17H,8-9,12,14H2,1H3. The Hall–Kier alpha value is -2.82. The molecule has 0 radical (unpaired) electrons. The Morgan fingerprint density at radius 3 is 2.52 bits per heavy atom. The fourth-order valence-electron chi connectivity index (χ4n) is 2.67. The molecule has 2 aromatic rings. The van der Waals surface area contributed by atoms with Gasteiger partial charge in [0.25, 0.3) is 5.91 Å². The molecule has 3 rings (SSSR count). The van der Waals surface area contributed by atoms with Crippen LogP contribution in [0.2, 0.25) is 0 Å². The van der Waals surface area contributed by atoms with E-state index in [1.807, 2.05) is 29.2 Å². The summed E-state index contributed by atoms with van der Waals surface area (Å²) in [5.74, 6) is 1.16. The highest BCUT2D eigenvalue weighted by Gasteiger charge is 2.32. The van der Waals surface area contributed by atoms with Crippen LogP contribution in [0.1, 0.15) is 28.8 Å². The molecule has 130 valence electrons. The maximum Gasteiger partial charge on any atom is 0.261 e. The Balaban J connectivity index is 1.63. The lowest BCUT2D eigenvalue weighted by Crippen LogP contribution is -2.36. The van der Waals surface area contributed by atoms with Gasteiger partial charge in [0.1, 0.15) is 11.5 Å². The second kappa shape index (κ2) is 7.83. The van der Waals surface area contributed by atoms with Crippen LogP contribution in [0.15, 0.2) is 48.5 Å². The van der Waals surface area contributed by atoms with Crippen LogP contribution in [0.5, 0.6) is 11.5 Å². The fourth-order valence-corrected chi connectivity index (χ4v) is 2.67. The van der Waals surface area contributed by atoms with E-state index in [1.165, 1.54) is 0 Å². The molecule has 1 fully saturated rings. The first-order chi connectivity index (χ1) is 12.2. The molecule has 0 atom stereocenters. The third-order valence-electron chi connectivity index (χ3n) is 4.22. The molecule has 2 aromatic carbocycles. The van der Waals surface area contributed by atoms with Crippen molar-refractivity contribution in [1.82, 2.24) is 4.90 Å². The van der Waals surface area contributed by atoms with Crippen molar-refractivity contribution in [1.29, 1.82) is 0 Å². The molecule has 5 nitrogen and oxygen atoms in total. The van der Waals surface area contributed by atoms with Crippen LogP contribution in [0, 0.1) is 0 Å². The summed E-state index contributed by atoms with van der Waals surface area (Å²) in [6, 6.07) is 14.9. The number of nitrogens with zero attached hydrogens (tertiary/aromatic N) is 1. The molecule has 1 amide bonds. The van der Waals surface area contributed by atoms with Crippen LogP contribution in [-0.4, -0.2) is 36.9 Å². The Morgan fingerprint density at radius 1 is 1.16 bits per heavy atom. The summed E-state index contributed by atoms with van der Waals surface area (Å²) < 4.78 is 10.7. The minimum atomic E-state index is -0.0719. The van der Waals surface area contributed by atoms with Crippen molar-refractivity contribution in [2.24, 2.45) is 0 Å². The predicted octanol–water partition coefficient (Wildman–Crippen LogP) is 3.08. The fraction of sp³-hybridized carbons (Fsp3) is 0.300. The number of aldehydes is 1. The molecule has 0 spiro atoms. The molecule has 25 heavy (non-hydrogen) atoms. The summed E-state index contributed by atoms with van der Waals surface area (Å²) >= 11 is 0. The number of amides is 1. The van der Waals surface area contributed by atoms with E-state index in [2.05, 4.69) is 0 Å². The molecule has 1 saturated carbocycles. The average Bonchev–Trinajstić information content (AvgIpc) is 3.50. The molecule has 0 saturated heterocycles. The van der Waals surface area contributed by atoms with Crippen LogP contribution in [0.3, 0.4) is 0 Å². The van der Waals surface area contributed by atoms with Crippen LogP contribution >= 0.6 is 0 Å². The quantitative estimate of drug-likeness (QED) is 0.694. The van der Waals surface area contributed by atoms with Gasteiger partial charge in [0.2, 0.25) is 0 Å². The van der Waals surface area contributed by atoms with Crippen molar-refractivity contribution < 1.29 is 19.1 Å². The summed E-state index contributed by atoms with van der Waals surface area (Å²) in [7, 11) is 1.63. The summed E-state index contributed by atoms with van der Waals surface area (Å²) in [4.78, 5) is 25.5. The Bertz CT molecular complexity index is 738. The second-order valence-electron chi connectivity index (χ2n) is 6.05. The SMILES string of the molecule is COc1ccc(CN(C(=O)COc2ccccc2C=O)C2CC2)cc1. The zero-order valence-electron chi connectivity index (χ0n) is 14.2. The summed E-state index contributed by atoms with van der Waals surface area (Å²) in [6.07, 6.45) is 2.77. The van der Waals surface area contributed by atoms with Gasteiger partial charge in [-0.05, 0) is 42.7 Å². The molecule has 0 N–H and O–H groups in total. The zero-order chi connectivity index (χ0) is 17.6. The van der Waals surface area contributed by atoms with Crippen LogP contribution in [-0.2, 0) is 11.3 Å². The number of rotatable bonds is 8. The van der Waals surface area contributed by atoms with Gasteiger partial charge >= 0.3 is 0 Å². The third-order valence-corrected chi connectivity index (χ3v) is 4.22. The van der Waals surface area contributed by atoms with Crippen LogP contribution < -0.4 is 9.47 Å². The van der Waals surface area contributed by atoms with Crippen molar-refractivity contribution in [3.05, 3.63) is 59.7 Å². The third kappa shape index (κ3) is 4.38. The molecular weight excluding hydrogens is 318 g/mol. The highest BCUT2D eigenvalue weighted by Crippen LogP contribution is 2.29. The molecule has 0 aliphatic heterocycles. The number of para-hydroxylation sites is 1. The topological polar surface area (TPSA) is 55.8 Å². The van der Waals surface area contributed by atoms with E-state index in [-0.39, 0.29) is 18.6 Å². The molecular formula is C20H21NO4. The Labute approximate surface area is 147 Å². The number of ether oxygens (including phenoxy) is 2. The van der Waals surface area contributed by atoms with E-state index >= 15 is 0 Å².